The van der Waals surface area contributed by atoms with Gasteiger partial charge in [0.15, 0.2) is 5.82 Å². The van der Waals surface area contributed by atoms with E-state index in [0.29, 0.717) is 35.7 Å². The molecule has 1 aromatic carbocycles. The van der Waals surface area contributed by atoms with E-state index in [9.17, 15) is 9.59 Å². The van der Waals surface area contributed by atoms with Crippen LogP contribution in [-0.4, -0.2) is 49.2 Å². The Kier molecular flexibility index (Phi) is 6.03. The fraction of sp³-hybridized carbons (Fsp3) is 0.269. The Hall–Kier alpha value is -4.07. The molecular weight excluding hydrogens is 428 g/mol. The van der Waals surface area contributed by atoms with Crippen molar-refractivity contribution in [1.29, 1.82) is 0 Å². The van der Waals surface area contributed by atoms with E-state index in [-0.39, 0.29) is 17.7 Å². The number of amides is 2. The number of aromatic nitrogens is 4. The van der Waals surface area contributed by atoms with Gasteiger partial charge in [-0.25, -0.2) is 14.9 Å². The van der Waals surface area contributed by atoms with Gasteiger partial charge in [0, 0.05) is 49.6 Å². The second-order valence-corrected chi connectivity index (χ2v) is 8.39. The molecule has 0 saturated carbocycles. The number of carbonyl (C=O) groups excluding carboxylic acids is 2. The lowest BCUT2D eigenvalue weighted by Crippen LogP contribution is -2.39. The highest BCUT2D eigenvalue weighted by molar-refractivity contribution is 6.12. The molecule has 1 unspecified atom stereocenters. The number of hydrogen-bond acceptors (Lipinski definition) is 5. The second kappa shape index (κ2) is 9.43. The number of nitrogens with zero attached hydrogens (tertiary/aromatic N) is 6. The Labute approximate surface area is 197 Å². The van der Waals surface area contributed by atoms with Crippen LogP contribution < -0.4 is 4.90 Å². The van der Waals surface area contributed by atoms with Crippen LogP contribution >= 0.6 is 0 Å². The van der Waals surface area contributed by atoms with Crippen LogP contribution in [0.1, 0.15) is 48.0 Å². The van der Waals surface area contributed by atoms with Gasteiger partial charge in [0.25, 0.3) is 5.91 Å². The molecule has 2 amide bonds. The Bertz CT molecular complexity index is 1320. The van der Waals surface area contributed by atoms with Gasteiger partial charge in [-0.3, -0.25) is 14.6 Å². The molecule has 0 radical (unpaired) electrons. The maximum Gasteiger partial charge on any atom is 0.265 e. The number of anilines is 2. The third kappa shape index (κ3) is 4.03. The van der Waals surface area contributed by atoms with Crippen molar-refractivity contribution in [2.24, 2.45) is 0 Å². The Balaban J connectivity index is 1.58. The van der Waals surface area contributed by atoms with Crippen LogP contribution in [0, 0.1) is 0 Å². The quantitative estimate of drug-likeness (QED) is 0.451. The molecule has 1 aliphatic rings. The number of imidazole rings is 1. The van der Waals surface area contributed by atoms with Gasteiger partial charge in [0.1, 0.15) is 17.7 Å². The molecular formula is C26H26N6O2. The number of rotatable bonds is 5. The third-order valence-corrected chi connectivity index (χ3v) is 6.32. The van der Waals surface area contributed by atoms with E-state index in [1.807, 2.05) is 52.6 Å². The van der Waals surface area contributed by atoms with Crippen LogP contribution in [0.25, 0.3) is 5.52 Å². The minimum absolute atomic E-state index is 0.0930. The van der Waals surface area contributed by atoms with Gasteiger partial charge < -0.3 is 9.30 Å². The molecule has 5 rings (SSSR count). The van der Waals surface area contributed by atoms with Crippen molar-refractivity contribution in [2.75, 3.05) is 18.0 Å². The molecule has 1 atom stereocenters. The van der Waals surface area contributed by atoms with Crippen molar-refractivity contribution in [3.8, 4) is 0 Å². The summed E-state index contributed by atoms with van der Waals surface area (Å²) in [6.45, 7) is 3.28. The van der Waals surface area contributed by atoms with Gasteiger partial charge in [-0.05, 0) is 36.6 Å². The number of benzene rings is 1. The summed E-state index contributed by atoms with van der Waals surface area (Å²) in [7, 11) is 0. The highest BCUT2D eigenvalue weighted by Gasteiger charge is 2.31. The first-order valence-electron chi connectivity index (χ1n) is 11.6. The van der Waals surface area contributed by atoms with Gasteiger partial charge in [-0.1, -0.05) is 31.2 Å². The van der Waals surface area contributed by atoms with E-state index >= 15 is 0 Å². The van der Waals surface area contributed by atoms with E-state index < -0.39 is 0 Å². The smallest absolute Gasteiger partial charge is 0.265 e. The predicted molar refractivity (Wildman–Crippen MR) is 129 cm³/mol. The summed E-state index contributed by atoms with van der Waals surface area (Å²) in [6.07, 6.45) is 10.8. The van der Waals surface area contributed by atoms with Gasteiger partial charge in [-0.2, -0.15) is 0 Å². The number of carbonyl (C=O) groups is 2. The average molecular weight is 455 g/mol. The monoisotopic (exact) mass is 454 g/mol. The van der Waals surface area contributed by atoms with Gasteiger partial charge in [0.05, 0.1) is 6.20 Å². The van der Waals surface area contributed by atoms with Crippen molar-refractivity contribution >= 4 is 29.0 Å². The van der Waals surface area contributed by atoms with Crippen molar-refractivity contribution < 1.29 is 9.59 Å². The minimum Gasteiger partial charge on any atom is -0.342 e. The number of hydrogen-bond donors (Lipinski definition) is 0. The molecule has 0 aliphatic carbocycles. The highest BCUT2D eigenvalue weighted by Crippen LogP contribution is 2.33. The molecule has 172 valence electrons. The van der Waals surface area contributed by atoms with Crippen LogP contribution in [0.15, 0.2) is 73.6 Å². The van der Waals surface area contributed by atoms with Crippen LogP contribution in [0.2, 0.25) is 0 Å². The summed E-state index contributed by atoms with van der Waals surface area (Å²) in [5.41, 5.74) is 2.24. The van der Waals surface area contributed by atoms with Crippen LogP contribution in [0.3, 0.4) is 0 Å². The fourth-order valence-electron chi connectivity index (χ4n) is 4.64. The zero-order valence-electron chi connectivity index (χ0n) is 19.0. The molecule has 1 fully saturated rings. The molecule has 4 heterocycles. The Morgan fingerprint density at radius 1 is 1.09 bits per heavy atom. The van der Waals surface area contributed by atoms with Gasteiger partial charge >= 0.3 is 0 Å². The first kappa shape index (κ1) is 21.8. The average Bonchev–Trinajstić information content (AvgIpc) is 3.33. The number of piperidine rings is 1. The summed E-state index contributed by atoms with van der Waals surface area (Å²) in [4.78, 5) is 43.2. The topological polar surface area (TPSA) is 83.7 Å². The lowest BCUT2D eigenvalue weighted by molar-refractivity contribution is -0.132. The maximum absolute atomic E-state index is 14.2. The lowest BCUT2D eigenvalue weighted by Gasteiger charge is -2.34. The summed E-state index contributed by atoms with van der Waals surface area (Å²) in [5, 5.41) is 0. The molecule has 1 aliphatic heterocycles. The third-order valence-electron chi connectivity index (χ3n) is 6.32. The largest absolute Gasteiger partial charge is 0.342 e. The maximum atomic E-state index is 14.2. The number of pyridine rings is 1. The summed E-state index contributed by atoms with van der Waals surface area (Å²) < 4.78 is 1.83. The molecule has 0 bridgehead atoms. The number of fused-ring (bicyclic) bond motifs is 1. The molecule has 0 N–H and O–H groups in total. The zero-order valence-corrected chi connectivity index (χ0v) is 19.0. The zero-order chi connectivity index (χ0) is 23.5. The Morgan fingerprint density at radius 2 is 1.94 bits per heavy atom. The minimum atomic E-state index is -0.210. The van der Waals surface area contributed by atoms with Gasteiger partial charge in [0.2, 0.25) is 5.91 Å². The van der Waals surface area contributed by atoms with E-state index in [0.717, 1.165) is 24.9 Å². The van der Waals surface area contributed by atoms with Crippen LogP contribution in [0.5, 0.6) is 0 Å². The molecule has 34 heavy (non-hydrogen) atoms. The van der Waals surface area contributed by atoms with Crippen LogP contribution in [0.4, 0.5) is 11.6 Å². The lowest BCUT2D eigenvalue weighted by atomic mass is 9.87. The van der Waals surface area contributed by atoms with Crippen molar-refractivity contribution in [2.45, 2.75) is 32.1 Å². The normalized spacial score (nSPS) is 15.9. The van der Waals surface area contributed by atoms with E-state index in [2.05, 4.69) is 15.0 Å². The fourth-order valence-corrected chi connectivity index (χ4v) is 4.64. The SMILES string of the molecule is CCC(=O)N1CCCC(c2ccccc2C(=O)N(c2ccccn2)c2ncn3ccncc23)C1. The van der Waals surface area contributed by atoms with E-state index in [1.165, 1.54) is 0 Å². The van der Waals surface area contributed by atoms with Crippen molar-refractivity contribution in [3.63, 3.8) is 0 Å². The predicted octanol–water partition coefficient (Wildman–Crippen LogP) is 4.22. The second-order valence-electron chi connectivity index (χ2n) is 8.39. The molecule has 3 aromatic heterocycles. The van der Waals surface area contributed by atoms with Crippen LogP contribution in [-0.2, 0) is 4.79 Å². The van der Waals surface area contributed by atoms with Crippen molar-refractivity contribution in [3.05, 3.63) is 84.7 Å². The summed E-state index contributed by atoms with van der Waals surface area (Å²) in [6, 6.07) is 13.1. The van der Waals surface area contributed by atoms with Crippen molar-refractivity contribution in [1.82, 2.24) is 24.3 Å². The van der Waals surface area contributed by atoms with E-state index in [4.69, 9.17) is 0 Å². The standard InChI is InChI=1S/C26H26N6O2/c1-2-24(33)30-14-7-8-19(17-30)20-9-3-4-10-21(20)26(34)32(23-11-5-6-12-28-23)25-22-16-27-13-15-31(22)18-29-25/h3-6,9-13,15-16,18-19H,2,7-8,14,17H2,1H3. The number of likely N-dealkylation sites (tertiary alicyclic amines) is 1. The van der Waals surface area contributed by atoms with E-state index in [1.54, 1.807) is 42.1 Å². The molecule has 0 spiro atoms. The molecule has 8 heteroatoms. The molecule has 8 nitrogen and oxygen atoms in total. The summed E-state index contributed by atoms with van der Waals surface area (Å²) in [5.74, 6) is 0.991. The van der Waals surface area contributed by atoms with Gasteiger partial charge in [-0.15, -0.1) is 0 Å². The first-order valence-corrected chi connectivity index (χ1v) is 11.6. The highest BCUT2D eigenvalue weighted by atomic mass is 16.2. The molecule has 1 saturated heterocycles. The molecule has 4 aromatic rings. The first-order chi connectivity index (χ1) is 16.7. The Morgan fingerprint density at radius 3 is 2.76 bits per heavy atom. The summed E-state index contributed by atoms with van der Waals surface area (Å²) >= 11 is 0.